The van der Waals surface area contributed by atoms with Gasteiger partial charge in [0.15, 0.2) is 0 Å². The van der Waals surface area contributed by atoms with Gasteiger partial charge in [0, 0.05) is 9.97 Å². The molecule has 1 aliphatic rings. The molecule has 0 aromatic heterocycles. The molecule has 0 amide bonds. The maximum absolute atomic E-state index is 2.61. The molecule has 0 radical (unpaired) electrons. The lowest BCUT2D eigenvalue weighted by Gasteiger charge is -2.21. The standard InChI is InChI=1S/C9H18IN/c1-7-4-5-11(3)8(2)6-9(7)10/h7-9H,4-6H2,1-3H3/t7-,8-,9-/m0/s1. The Kier molecular flexibility index (Phi) is 3.62. The second kappa shape index (κ2) is 4.08. The van der Waals surface area contributed by atoms with Gasteiger partial charge in [0.2, 0.25) is 0 Å². The normalized spacial score (nSPS) is 42.0. The van der Waals surface area contributed by atoms with Gasteiger partial charge < -0.3 is 4.90 Å². The topological polar surface area (TPSA) is 3.24 Å². The van der Waals surface area contributed by atoms with Gasteiger partial charge in [0.05, 0.1) is 0 Å². The van der Waals surface area contributed by atoms with E-state index in [1.54, 1.807) is 0 Å². The Morgan fingerprint density at radius 3 is 2.64 bits per heavy atom. The first kappa shape index (κ1) is 9.78. The van der Waals surface area contributed by atoms with Crippen molar-refractivity contribution in [2.45, 2.75) is 36.7 Å². The summed E-state index contributed by atoms with van der Waals surface area (Å²) in [5.41, 5.74) is 0. The van der Waals surface area contributed by atoms with Crippen molar-refractivity contribution in [3.05, 3.63) is 0 Å². The lowest BCUT2D eigenvalue weighted by molar-refractivity contribution is 0.264. The Bertz CT molecular complexity index is 113. The Hall–Kier alpha value is 0.690. The van der Waals surface area contributed by atoms with Crippen LogP contribution < -0.4 is 0 Å². The molecule has 1 nitrogen and oxygen atoms in total. The third-order valence-electron chi connectivity index (χ3n) is 2.87. The molecule has 0 spiro atoms. The van der Waals surface area contributed by atoms with Crippen LogP contribution in [0.25, 0.3) is 0 Å². The van der Waals surface area contributed by atoms with E-state index in [2.05, 4.69) is 48.4 Å². The number of alkyl halides is 1. The van der Waals surface area contributed by atoms with Gasteiger partial charge in [-0.2, -0.15) is 0 Å². The van der Waals surface area contributed by atoms with Gasteiger partial charge in [-0.3, -0.25) is 0 Å². The predicted octanol–water partition coefficient (Wildman–Crippen LogP) is 2.54. The van der Waals surface area contributed by atoms with Gasteiger partial charge in [-0.25, -0.2) is 0 Å². The van der Waals surface area contributed by atoms with Gasteiger partial charge in [0.25, 0.3) is 0 Å². The molecule has 0 aromatic carbocycles. The van der Waals surface area contributed by atoms with Crippen molar-refractivity contribution < 1.29 is 0 Å². The summed E-state index contributed by atoms with van der Waals surface area (Å²) in [6.45, 7) is 5.99. The molecule has 1 fully saturated rings. The van der Waals surface area contributed by atoms with Gasteiger partial charge in [-0.1, -0.05) is 29.5 Å². The largest absolute Gasteiger partial charge is 0.304 e. The Labute approximate surface area is 83.7 Å². The van der Waals surface area contributed by atoms with Crippen LogP contribution >= 0.6 is 22.6 Å². The monoisotopic (exact) mass is 267 g/mol. The van der Waals surface area contributed by atoms with Gasteiger partial charge in [-0.15, -0.1) is 0 Å². The summed E-state index contributed by atoms with van der Waals surface area (Å²) in [5, 5.41) is 0. The molecular weight excluding hydrogens is 249 g/mol. The van der Waals surface area contributed by atoms with Crippen molar-refractivity contribution in [3.8, 4) is 0 Å². The lowest BCUT2D eigenvalue weighted by atomic mass is 10.0. The molecule has 0 unspecified atom stereocenters. The Morgan fingerprint density at radius 2 is 2.00 bits per heavy atom. The molecule has 0 aliphatic carbocycles. The first-order valence-corrected chi connectivity index (χ1v) is 5.70. The first-order chi connectivity index (χ1) is 5.11. The Morgan fingerprint density at radius 1 is 1.36 bits per heavy atom. The van der Waals surface area contributed by atoms with Crippen LogP contribution in [-0.2, 0) is 0 Å². The van der Waals surface area contributed by atoms with E-state index in [9.17, 15) is 0 Å². The smallest absolute Gasteiger partial charge is 0.0150 e. The molecule has 1 rings (SSSR count). The van der Waals surface area contributed by atoms with Crippen molar-refractivity contribution in [3.63, 3.8) is 0 Å². The zero-order valence-corrected chi connectivity index (χ0v) is 9.84. The number of hydrogen-bond acceptors (Lipinski definition) is 1. The molecule has 11 heavy (non-hydrogen) atoms. The Balaban J connectivity index is 2.51. The van der Waals surface area contributed by atoms with Crippen LogP contribution in [0.1, 0.15) is 26.7 Å². The summed E-state index contributed by atoms with van der Waals surface area (Å²) in [6.07, 6.45) is 2.73. The van der Waals surface area contributed by atoms with E-state index in [4.69, 9.17) is 0 Å². The molecule has 2 heteroatoms. The summed E-state index contributed by atoms with van der Waals surface area (Å²) in [5.74, 6) is 0.906. The summed E-state index contributed by atoms with van der Waals surface area (Å²) in [7, 11) is 2.24. The molecular formula is C9H18IN. The predicted molar refractivity (Wildman–Crippen MR) is 58.3 cm³/mol. The van der Waals surface area contributed by atoms with E-state index >= 15 is 0 Å². The minimum atomic E-state index is 0.779. The fourth-order valence-corrected chi connectivity index (χ4v) is 2.64. The van der Waals surface area contributed by atoms with Crippen molar-refractivity contribution in [1.82, 2.24) is 4.90 Å². The highest BCUT2D eigenvalue weighted by molar-refractivity contribution is 14.1. The average molecular weight is 267 g/mol. The van der Waals surface area contributed by atoms with Gasteiger partial charge in [0.1, 0.15) is 0 Å². The van der Waals surface area contributed by atoms with Crippen molar-refractivity contribution in [2.24, 2.45) is 5.92 Å². The van der Waals surface area contributed by atoms with E-state index < -0.39 is 0 Å². The lowest BCUT2D eigenvalue weighted by Crippen LogP contribution is -2.28. The number of hydrogen-bond donors (Lipinski definition) is 0. The van der Waals surface area contributed by atoms with E-state index in [0.29, 0.717) is 0 Å². The molecule has 0 N–H and O–H groups in total. The van der Waals surface area contributed by atoms with E-state index in [1.807, 2.05) is 0 Å². The fraction of sp³-hybridized carbons (Fsp3) is 1.00. The quantitative estimate of drug-likeness (QED) is 0.481. The maximum atomic E-state index is 2.61. The SMILES string of the molecule is C[C@H]1CCN(C)[C@@H](C)C[C@@H]1I. The molecule has 1 aliphatic heterocycles. The zero-order chi connectivity index (χ0) is 8.43. The van der Waals surface area contributed by atoms with E-state index in [-0.39, 0.29) is 0 Å². The molecule has 0 bridgehead atoms. The third kappa shape index (κ3) is 2.58. The molecule has 66 valence electrons. The van der Waals surface area contributed by atoms with Crippen LogP contribution in [0.2, 0.25) is 0 Å². The highest BCUT2D eigenvalue weighted by atomic mass is 127. The van der Waals surface area contributed by atoms with Crippen molar-refractivity contribution in [2.75, 3.05) is 13.6 Å². The minimum Gasteiger partial charge on any atom is -0.304 e. The van der Waals surface area contributed by atoms with Crippen molar-refractivity contribution >= 4 is 22.6 Å². The molecule has 0 aromatic rings. The van der Waals surface area contributed by atoms with Crippen LogP contribution in [0, 0.1) is 5.92 Å². The van der Waals surface area contributed by atoms with Gasteiger partial charge in [-0.05, 0) is 39.3 Å². The highest BCUT2D eigenvalue weighted by Crippen LogP contribution is 2.26. The summed E-state index contributed by atoms with van der Waals surface area (Å²) < 4.78 is 0.882. The van der Waals surface area contributed by atoms with Crippen molar-refractivity contribution in [1.29, 1.82) is 0 Å². The third-order valence-corrected chi connectivity index (χ3v) is 4.61. The second-order valence-corrected chi connectivity index (χ2v) is 5.45. The number of nitrogens with zero attached hydrogens (tertiary/aromatic N) is 1. The summed E-state index contributed by atoms with van der Waals surface area (Å²) in [4.78, 5) is 2.48. The van der Waals surface area contributed by atoms with Crippen LogP contribution in [0.5, 0.6) is 0 Å². The number of halogens is 1. The zero-order valence-electron chi connectivity index (χ0n) is 7.68. The second-order valence-electron chi connectivity index (χ2n) is 3.85. The summed E-state index contributed by atoms with van der Waals surface area (Å²) in [6, 6.07) is 0.779. The molecule has 0 saturated carbocycles. The molecule has 3 atom stereocenters. The van der Waals surface area contributed by atoms with E-state index in [0.717, 1.165) is 15.9 Å². The first-order valence-electron chi connectivity index (χ1n) is 4.45. The molecule has 1 saturated heterocycles. The highest BCUT2D eigenvalue weighted by Gasteiger charge is 2.23. The van der Waals surface area contributed by atoms with Crippen LogP contribution in [0.4, 0.5) is 0 Å². The van der Waals surface area contributed by atoms with E-state index in [1.165, 1.54) is 19.4 Å². The number of rotatable bonds is 0. The van der Waals surface area contributed by atoms with Crippen LogP contribution in [0.3, 0.4) is 0 Å². The molecule has 1 heterocycles. The summed E-state index contributed by atoms with van der Waals surface area (Å²) >= 11 is 2.61. The maximum Gasteiger partial charge on any atom is 0.0150 e. The van der Waals surface area contributed by atoms with Crippen LogP contribution in [-0.4, -0.2) is 28.5 Å². The fourth-order valence-electron chi connectivity index (χ4n) is 1.55. The minimum absolute atomic E-state index is 0.779. The van der Waals surface area contributed by atoms with Gasteiger partial charge >= 0.3 is 0 Å². The number of likely N-dealkylation sites (tertiary alicyclic amines) is 1. The average Bonchev–Trinajstić information content (AvgIpc) is 2.05. The van der Waals surface area contributed by atoms with Crippen LogP contribution in [0.15, 0.2) is 0 Å².